The number of benzene rings is 1. The third-order valence-electron chi connectivity index (χ3n) is 6.13. The van der Waals surface area contributed by atoms with Gasteiger partial charge < -0.3 is 9.80 Å². The monoisotopic (exact) mass is 412 g/mol. The summed E-state index contributed by atoms with van der Waals surface area (Å²) < 4.78 is 38.5. The predicted molar refractivity (Wildman–Crippen MR) is 111 cm³/mol. The van der Waals surface area contributed by atoms with Crippen molar-refractivity contribution in [2.75, 3.05) is 21.1 Å². The van der Waals surface area contributed by atoms with Crippen LogP contribution in [0.3, 0.4) is 0 Å². The van der Waals surface area contributed by atoms with Gasteiger partial charge in [-0.2, -0.15) is 13.2 Å². The Morgan fingerprint density at radius 1 is 0.793 bits per heavy atom. The number of alkyl halides is 3. The van der Waals surface area contributed by atoms with Crippen molar-refractivity contribution in [3.8, 4) is 0 Å². The Bertz CT molecular complexity index is 628. The molecular formula is C23H35F3N2O. The summed E-state index contributed by atoms with van der Waals surface area (Å²) in [5, 5.41) is 0. The van der Waals surface area contributed by atoms with Gasteiger partial charge in [0, 0.05) is 24.7 Å². The van der Waals surface area contributed by atoms with E-state index in [0.29, 0.717) is 5.56 Å². The molecule has 0 spiro atoms. The maximum Gasteiger partial charge on any atom is 0.416 e. The van der Waals surface area contributed by atoms with Gasteiger partial charge >= 0.3 is 6.18 Å². The van der Waals surface area contributed by atoms with Crippen molar-refractivity contribution in [3.63, 3.8) is 0 Å². The Morgan fingerprint density at radius 3 is 1.69 bits per heavy atom. The average molecular weight is 413 g/mol. The molecule has 0 saturated heterocycles. The Morgan fingerprint density at radius 2 is 1.24 bits per heavy atom. The van der Waals surface area contributed by atoms with Gasteiger partial charge in [0.1, 0.15) is 0 Å². The van der Waals surface area contributed by atoms with E-state index < -0.39 is 11.7 Å². The molecule has 1 aromatic carbocycles. The lowest BCUT2D eigenvalue weighted by atomic mass is 9.92. The number of amides is 1. The number of rotatable bonds is 3. The van der Waals surface area contributed by atoms with E-state index in [9.17, 15) is 18.0 Å². The van der Waals surface area contributed by atoms with Crippen LogP contribution in [0.1, 0.15) is 80.1 Å². The molecule has 0 aromatic heterocycles. The van der Waals surface area contributed by atoms with Gasteiger partial charge in [-0.05, 0) is 51.2 Å². The molecule has 2 atom stereocenters. The van der Waals surface area contributed by atoms with Crippen LogP contribution in [0, 0.1) is 0 Å². The second-order valence-corrected chi connectivity index (χ2v) is 8.50. The molecule has 2 unspecified atom stereocenters. The number of hydrogen-bond donors (Lipinski definition) is 0. The lowest BCUT2D eigenvalue weighted by molar-refractivity contribution is -0.137. The summed E-state index contributed by atoms with van der Waals surface area (Å²) in [5.74, 6) is -0.206. The minimum atomic E-state index is -4.39. The highest BCUT2D eigenvalue weighted by Crippen LogP contribution is 2.30. The lowest BCUT2D eigenvalue weighted by Gasteiger charge is -2.39. The van der Waals surface area contributed by atoms with E-state index >= 15 is 0 Å². The summed E-state index contributed by atoms with van der Waals surface area (Å²) in [4.78, 5) is 17.0. The van der Waals surface area contributed by atoms with E-state index in [4.69, 9.17) is 0 Å². The summed E-state index contributed by atoms with van der Waals surface area (Å²) in [6.45, 7) is 0. The number of likely N-dealkylation sites (N-methyl/N-ethyl adjacent to an activating group) is 2. The zero-order chi connectivity index (χ0) is 21.4. The quantitative estimate of drug-likeness (QED) is 0.609. The molecular weight excluding hydrogens is 377 g/mol. The topological polar surface area (TPSA) is 23.6 Å². The molecule has 2 rings (SSSR count). The molecule has 1 fully saturated rings. The molecule has 0 heterocycles. The summed E-state index contributed by atoms with van der Waals surface area (Å²) >= 11 is 0. The molecule has 0 N–H and O–H groups in total. The number of nitrogens with zero attached hydrogens (tertiary/aromatic N) is 2. The van der Waals surface area contributed by atoms with Crippen molar-refractivity contribution in [1.82, 2.24) is 9.80 Å². The van der Waals surface area contributed by atoms with E-state index in [-0.39, 0.29) is 18.0 Å². The standard InChI is InChI=1S/C23H35F3N2O/c1-27(2)20-12-10-8-6-4-5-7-9-11-13-21(20)28(3)22(29)18-14-16-19(17-15-18)23(24,25)26/h14-17,20-21H,4-13H2,1-3H3. The summed E-state index contributed by atoms with van der Waals surface area (Å²) in [5.41, 5.74) is -0.419. The van der Waals surface area contributed by atoms with E-state index in [1.165, 1.54) is 50.7 Å². The third kappa shape index (κ3) is 7.02. The summed E-state index contributed by atoms with van der Waals surface area (Å²) in [6, 6.07) is 4.87. The highest BCUT2D eigenvalue weighted by atomic mass is 19.4. The normalized spacial score (nSPS) is 22.6. The van der Waals surface area contributed by atoms with Gasteiger partial charge in [-0.3, -0.25) is 4.79 Å². The molecule has 1 aromatic rings. The average Bonchev–Trinajstić information content (AvgIpc) is 2.66. The highest BCUT2D eigenvalue weighted by molar-refractivity contribution is 5.94. The fourth-order valence-corrected chi connectivity index (χ4v) is 4.36. The van der Waals surface area contributed by atoms with Gasteiger partial charge in [-0.25, -0.2) is 0 Å². The largest absolute Gasteiger partial charge is 0.416 e. The van der Waals surface area contributed by atoms with Gasteiger partial charge in [-0.15, -0.1) is 0 Å². The highest BCUT2D eigenvalue weighted by Gasteiger charge is 2.32. The van der Waals surface area contributed by atoms with E-state index in [2.05, 4.69) is 19.0 Å². The third-order valence-corrected chi connectivity index (χ3v) is 6.13. The molecule has 29 heavy (non-hydrogen) atoms. The number of carbonyl (C=O) groups is 1. The first-order valence-electron chi connectivity index (χ1n) is 10.8. The lowest BCUT2D eigenvalue weighted by Crippen LogP contribution is -2.50. The fourth-order valence-electron chi connectivity index (χ4n) is 4.36. The molecule has 0 bridgehead atoms. The van der Waals surface area contributed by atoms with Crippen LogP contribution in [0.25, 0.3) is 0 Å². The van der Waals surface area contributed by atoms with Crippen molar-refractivity contribution >= 4 is 5.91 Å². The smallest absolute Gasteiger partial charge is 0.337 e. The van der Waals surface area contributed by atoms with Crippen LogP contribution in [-0.4, -0.2) is 48.9 Å². The molecule has 1 amide bonds. The van der Waals surface area contributed by atoms with E-state index in [1.807, 2.05) is 0 Å². The predicted octanol–water partition coefficient (Wildman–Crippen LogP) is 5.99. The molecule has 0 radical (unpaired) electrons. The van der Waals surface area contributed by atoms with Gasteiger partial charge in [0.05, 0.1) is 5.56 Å². The second kappa shape index (κ2) is 11.0. The Labute approximate surface area is 173 Å². The number of carbonyl (C=O) groups excluding carboxylic acids is 1. The molecule has 1 saturated carbocycles. The Hall–Kier alpha value is -1.56. The van der Waals surface area contributed by atoms with Crippen molar-refractivity contribution in [1.29, 1.82) is 0 Å². The fraction of sp³-hybridized carbons (Fsp3) is 0.696. The zero-order valence-electron chi connectivity index (χ0n) is 18.0. The van der Waals surface area contributed by atoms with Crippen LogP contribution in [0.5, 0.6) is 0 Å². The van der Waals surface area contributed by atoms with E-state index in [1.54, 1.807) is 11.9 Å². The van der Waals surface area contributed by atoms with E-state index in [0.717, 1.165) is 37.8 Å². The molecule has 3 nitrogen and oxygen atoms in total. The van der Waals surface area contributed by atoms with Crippen molar-refractivity contribution in [2.24, 2.45) is 0 Å². The molecule has 1 aliphatic rings. The SMILES string of the molecule is CN(C)C1CCCCCCCCCCC1N(C)C(=O)c1ccc(C(F)(F)F)cc1. The number of hydrogen-bond acceptors (Lipinski definition) is 2. The van der Waals surface area contributed by atoms with Crippen LogP contribution in [0.15, 0.2) is 24.3 Å². The van der Waals surface area contributed by atoms with Crippen LogP contribution < -0.4 is 0 Å². The van der Waals surface area contributed by atoms with Crippen molar-refractivity contribution in [2.45, 2.75) is 82.5 Å². The second-order valence-electron chi connectivity index (χ2n) is 8.50. The summed E-state index contributed by atoms with van der Waals surface area (Å²) in [6.07, 6.45) is 7.24. The van der Waals surface area contributed by atoms with Gasteiger partial charge in [0.25, 0.3) is 5.91 Å². The summed E-state index contributed by atoms with van der Waals surface area (Å²) in [7, 11) is 5.91. The van der Waals surface area contributed by atoms with Crippen molar-refractivity contribution < 1.29 is 18.0 Å². The maximum atomic E-state index is 13.1. The molecule has 6 heteroatoms. The molecule has 1 aliphatic carbocycles. The zero-order valence-corrected chi connectivity index (χ0v) is 18.0. The van der Waals surface area contributed by atoms with Gasteiger partial charge in [-0.1, -0.05) is 51.4 Å². The Kier molecular flexibility index (Phi) is 9.00. The minimum absolute atomic E-state index is 0.0548. The first kappa shape index (κ1) is 23.7. The molecule has 0 aliphatic heterocycles. The number of halogens is 3. The Balaban J connectivity index is 2.18. The van der Waals surface area contributed by atoms with Gasteiger partial charge in [0.15, 0.2) is 0 Å². The van der Waals surface area contributed by atoms with Crippen LogP contribution >= 0.6 is 0 Å². The maximum absolute atomic E-state index is 13.1. The van der Waals surface area contributed by atoms with Gasteiger partial charge in [0.2, 0.25) is 0 Å². The van der Waals surface area contributed by atoms with Crippen LogP contribution in [-0.2, 0) is 6.18 Å². The minimum Gasteiger partial charge on any atom is -0.337 e. The van der Waals surface area contributed by atoms with Crippen LogP contribution in [0.4, 0.5) is 13.2 Å². The first-order chi connectivity index (χ1) is 13.7. The van der Waals surface area contributed by atoms with Crippen molar-refractivity contribution in [3.05, 3.63) is 35.4 Å². The van der Waals surface area contributed by atoms with Crippen LogP contribution in [0.2, 0.25) is 0 Å². The first-order valence-corrected chi connectivity index (χ1v) is 10.8. The molecule has 164 valence electrons.